The van der Waals surface area contributed by atoms with Gasteiger partial charge in [-0.1, -0.05) is 307 Å². The number of hydrogen-bond acceptors (Lipinski definition) is 3. The molecule has 486 valence electrons. The molecule has 0 saturated heterocycles. The van der Waals surface area contributed by atoms with Gasteiger partial charge >= 0.3 is 0 Å². The summed E-state index contributed by atoms with van der Waals surface area (Å²) in [6.07, 6.45) is 2.26. The van der Waals surface area contributed by atoms with Crippen LogP contribution in [0.4, 0.5) is 17.1 Å². The van der Waals surface area contributed by atoms with E-state index in [1.807, 2.05) is 367 Å². The highest BCUT2D eigenvalue weighted by atomic mass is 16.2. The molecule has 9 aromatic rings. The normalized spacial score (nSPS) is 8.93. The fourth-order valence-corrected chi connectivity index (χ4v) is 8.50. The van der Waals surface area contributed by atoms with Crippen LogP contribution in [0.5, 0.6) is 0 Å². The summed E-state index contributed by atoms with van der Waals surface area (Å²) in [4.78, 5) is 44.1. The Bertz CT molecular complexity index is 2860. The van der Waals surface area contributed by atoms with Gasteiger partial charge in [0.15, 0.2) is 0 Å². The van der Waals surface area contributed by atoms with E-state index in [-0.39, 0.29) is 17.7 Å². The topological polar surface area (TPSA) is 60.9 Å². The summed E-state index contributed by atoms with van der Waals surface area (Å²) in [5, 5.41) is 0. The van der Waals surface area contributed by atoms with Gasteiger partial charge in [0.05, 0.1) is 0 Å². The van der Waals surface area contributed by atoms with Crippen molar-refractivity contribution >= 4 is 34.8 Å². The number of amides is 3. The van der Waals surface area contributed by atoms with E-state index in [1.165, 1.54) is 16.7 Å². The van der Waals surface area contributed by atoms with Crippen LogP contribution in [0.25, 0.3) is 0 Å². The first-order valence-electron chi connectivity index (χ1n) is 33.3. The number of carbonyl (C=O) groups excluding carboxylic acids is 3. The number of hydrogen-bond donors (Lipinski definition) is 0. The highest BCUT2D eigenvalue weighted by Gasteiger charge is 2.20. The van der Waals surface area contributed by atoms with Crippen LogP contribution in [0.2, 0.25) is 0 Å². The lowest BCUT2D eigenvalue weighted by Gasteiger charge is -2.20. The van der Waals surface area contributed by atoms with E-state index in [1.54, 1.807) is 14.7 Å². The summed E-state index contributed by atoms with van der Waals surface area (Å²) < 4.78 is 0. The number of rotatable bonds is 12. The molecule has 0 fully saturated rings. The summed E-state index contributed by atoms with van der Waals surface area (Å²) in [5.74, 6) is 0.0615. The standard InChI is InChI=1S/3C22H21NO.9C2H6/c3*1-17-9-8-13-20(15-17)23(2)22(24)21-14-7-6-12-19(21)16-18-10-4-3-5-11-18;9*1-2/h3*3-15H,16H2,1-2H3;9*1-2H3. The third-order valence-electron chi connectivity index (χ3n) is 12.5. The van der Waals surface area contributed by atoms with Crippen molar-refractivity contribution in [3.63, 3.8) is 0 Å². The summed E-state index contributed by atoms with van der Waals surface area (Å²) in [6.45, 7) is 42.1. The third kappa shape index (κ3) is 30.5. The molecule has 9 aromatic carbocycles. The van der Waals surface area contributed by atoms with E-state index in [4.69, 9.17) is 0 Å². The van der Waals surface area contributed by atoms with Crippen LogP contribution in [0, 0.1) is 20.8 Å². The SMILES string of the molecule is CC.CC.CC.CC.CC.CC.CC.CC.CC.Cc1cccc(N(C)C(=O)c2ccccc2Cc2ccccc2)c1.Cc1cccc(N(C)C(=O)c2ccccc2Cc2ccccc2)c1.Cc1cccc(N(C)C(=O)c2ccccc2Cc2ccccc2)c1. The minimum atomic E-state index is 0.0205. The molecule has 0 N–H and O–H groups in total. The maximum atomic E-state index is 13.0. The van der Waals surface area contributed by atoms with Gasteiger partial charge in [-0.25, -0.2) is 0 Å². The van der Waals surface area contributed by atoms with Crippen molar-refractivity contribution in [3.8, 4) is 0 Å². The zero-order valence-corrected chi connectivity index (χ0v) is 60.2. The number of anilines is 3. The quantitative estimate of drug-likeness (QED) is 0.122. The molecule has 6 heteroatoms. The molecular formula is C84H117N3O3. The van der Waals surface area contributed by atoms with Crippen molar-refractivity contribution in [2.75, 3.05) is 35.8 Å². The van der Waals surface area contributed by atoms with Gasteiger partial charge in [0, 0.05) is 54.9 Å². The van der Waals surface area contributed by atoms with Crippen LogP contribution in [-0.2, 0) is 19.3 Å². The van der Waals surface area contributed by atoms with Crippen LogP contribution < -0.4 is 14.7 Å². The van der Waals surface area contributed by atoms with Gasteiger partial charge in [0.2, 0.25) is 0 Å². The maximum absolute atomic E-state index is 13.0. The smallest absolute Gasteiger partial charge is 0.258 e. The molecule has 0 aromatic heterocycles. The first-order chi connectivity index (χ1) is 43.9. The monoisotopic (exact) mass is 1220 g/mol. The second-order valence-electron chi connectivity index (χ2n) is 18.1. The molecule has 6 nitrogen and oxygen atoms in total. The van der Waals surface area contributed by atoms with E-state index in [0.717, 1.165) is 86.4 Å². The van der Waals surface area contributed by atoms with Crippen LogP contribution >= 0.6 is 0 Å². The number of aryl methyl sites for hydroxylation is 3. The molecule has 0 aliphatic carbocycles. The van der Waals surface area contributed by atoms with Crippen molar-refractivity contribution in [3.05, 3.63) is 303 Å². The average Bonchev–Trinajstić information content (AvgIpc) is 1.51. The molecule has 0 spiro atoms. The zero-order valence-electron chi connectivity index (χ0n) is 60.2. The zero-order chi connectivity index (χ0) is 68.8. The fourth-order valence-electron chi connectivity index (χ4n) is 8.50. The Morgan fingerprint density at radius 2 is 0.433 bits per heavy atom. The van der Waals surface area contributed by atoms with Crippen molar-refractivity contribution in [2.45, 2.75) is 165 Å². The van der Waals surface area contributed by atoms with Crippen molar-refractivity contribution in [1.82, 2.24) is 0 Å². The molecule has 0 heterocycles. The minimum absolute atomic E-state index is 0.0205. The second-order valence-corrected chi connectivity index (χ2v) is 18.1. The van der Waals surface area contributed by atoms with Crippen molar-refractivity contribution in [2.24, 2.45) is 0 Å². The molecule has 0 atom stereocenters. The molecule has 0 unspecified atom stereocenters. The first-order valence-corrected chi connectivity index (χ1v) is 33.3. The molecule has 0 aliphatic rings. The first kappa shape index (κ1) is 85.6. The molecular weight excluding hydrogens is 1100 g/mol. The second kappa shape index (κ2) is 54.5. The predicted molar refractivity (Wildman–Crippen MR) is 401 cm³/mol. The van der Waals surface area contributed by atoms with Crippen LogP contribution in [0.3, 0.4) is 0 Å². The highest BCUT2D eigenvalue weighted by molar-refractivity contribution is 6.08. The van der Waals surface area contributed by atoms with Crippen LogP contribution in [0.1, 0.15) is 206 Å². The van der Waals surface area contributed by atoms with Gasteiger partial charge in [-0.2, -0.15) is 0 Å². The summed E-state index contributed by atoms with van der Waals surface area (Å²) in [6, 6.07) is 78.3. The average molecular weight is 1220 g/mol. The Balaban J connectivity index is -0.00000112. The van der Waals surface area contributed by atoms with Gasteiger partial charge in [-0.3, -0.25) is 14.4 Å². The maximum Gasteiger partial charge on any atom is 0.258 e. The summed E-state index contributed by atoms with van der Waals surface area (Å²) >= 11 is 0. The minimum Gasteiger partial charge on any atom is -0.311 e. The molecule has 3 amide bonds. The van der Waals surface area contributed by atoms with Crippen LogP contribution in [-0.4, -0.2) is 38.9 Å². The lowest BCUT2D eigenvalue weighted by molar-refractivity contribution is 0.0984. The van der Waals surface area contributed by atoms with Crippen molar-refractivity contribution < 1.29 is 14.4 Å². The summed E-state index contributed by atoms with van der Waals surface area (Å²) in [7, 11) is 5.49. The van der Waals surface area contributed by atoms with E-state index in [9.17, 15) is 14.4 Å². The third-order valence-corrected chi connectivity index (χ3v) is 12.5. The Morgan fingerprint density at radius 1 is 0.244 bits per heavy atom. The van der Waals surface area contributed by atoms with Crippen LogP contribution in [0.15, 0.2) is 237 Å². The molecule has 0 radical (unpaired) electrons. The number of nitrogens with zero attached hydrogens (tertiary/aromatic N) is 3. The molecule has 0 aliphatic heterocycles. The van der Waals surface area contributed by atoms with Crippen molar-refractivity contribution in [1.29, 1.82) is 0 Å². The Kier molecular flexibility index (Phi) is 51.9. The Morgan fingerprint density at radius 3 is 0.633 bits per heavy atom. The lowest BCUT2D eigenvalue weighted by atomic mass is 9.99. The molecule has 9 rings (SSSR count). The fraction of sp³-hybridized carbons (Fsp3) is 0.321. The predicted octanol–water partition coefficient (Wildman–Crippen LogP) is 23.8. The van der Waals surface area contributed by atoms with Gasteiger partial charge < -0.3 is 14.7 Å². The van der Waals surface area contributed by atoms with E-state index in [2.05, 4.69) is 36.4 Å². The lowest BCUT2D eigenvalue weighted by Crippen LogP contribution is -2.27. The number of benzene rings is 9. The van der Waals surface area contributed by atoms with Gasteiger partial charge in [-0.05, 0) is 145 Å². The van der Waals surface area contributed by atoms with E-state index >= 15 is 0 Å². The van der Waals surface area contributed by atoms with E-state index < -0.39 is 0 Å². The van der Waals surface area contributed by atoms with Gasteiger partial charge in [0.25, 0.3) is 17.7 Å². The van der Waals surface area contributed by atoms with Gasteiger partial charge in [-0.15, -0.1) is 0 Å². The Labute approximate surface area is 550 Å². The Hall–Kier alpha value is -8.61. The highest BCUT2D eigenvalue weighted by Crippen LogP contribution is 2.24. The summed E-state index contributed by atoms with van der Waals surface area (Å²) in [5.41, 5.74) is 15.2. The largest absolute Gasteiger partial charge is 0.311 e. The molecule has 0 saturated carbocycles. The van der Waals surface area contributed by atoms with E-state index in [0.29, 0.717) is 0 Å². The number of carbonyl (C=O) groups is 3. The van der Waals surface area contributed by atoms with Gasteiger partial charge in [0.1, 0.15) is 0 Å². The molecule has 0 bridgehead atoms. The molecule has 90 heavy (non-hydrogen) atoms.